The molecule has 0 atom stereocenters. The second kappa shape index (κ2) is 8.41. The molecule has 3 aromatic rings. The maximum Gasteiger partial charge on any atom is 0.283 e. The first-order chi connectivity index (χ1) is 15.9. The number of amides is 1. The van der Waals surface area contributed by atoms with Crippen LogP contribution in [0.25, 0.3) is 17.0 Å². The summed E-state index contributed by atoms with van der Waals surface area (Å²) in [6, 6.07) is 14.3. The normalized spacial score (nSPS) is 16.9. The maximum atomic E-state index is 12.7. The lowest BCUT2D eigenvalue weighted by Crippen LogP contribution is -2.35. The van der Waals surface area contributed by atoms with Gasteiger partial charge in [0.1, 0.15) is 18.2 Å². The summed E-state index contributed by atoms with van der Waals surface area (Å²) in [5, 5.41) is 10.1. The Bertz CT molecular complexity index is 1400. The van der Waals surface area contributed by atoms with Crippen molar-refractivity contribution in [2.75, 3.05) is 6.61 Å². The average Bonchev–Trinajstić information content (AvgIpc) is 3.33. The number of amidine groups is 2. The van der Waals surface area contributed by atoms with Crippen LogP contribution < -0.4 is 4.74 Å². The number of carbonyl (C=O) groups is 1. The molecule has 2 aliphatic rings. The molecule has 0 radical (unpaired) electrons. The van der Waals surface area contributed by atoms with E-state index in [9.17, 15) is 4.79 Å². The molecule has 1 aromatic heterocycles. The molecule has 2 aliphatic heterocycles. The summed E-state index contributed by atoms with van der Waals surface area (Å²) in [7, 11) is 0. The van der Waals surface area contributed by atoms with Gasteiger partial charge in [-0.2, -0.15) is 4.99 Å². The van der Waals surface area contributed by atoms with E-state index in [0.29, 0.717) is 23.9 Å². The van der Waals surface area contributed by atoms with E-state index in [1.807, 2.05) is 44.4 Å². The third-order valence-electron chi connectivity index (χ3n) is 5.75. The number of thioether (sulfide) groups is 1. The fourth-order valence-corrected chi connectivity index (χ4v) is 4.87. The molecule has 2 aromatic carbocycles. The number of carbonyl (C=O) groups excluding carboxylic acids is 1. The van der Waals surface area contributed by atoms with Gasteiger partial charge >= 0.3 is 0 Å². The van der Waals surface area contributed by atoms with E-state index in [-0.39, 0.29) is 11.7 Å². The number of aromatic nitrogens is 1. The molecule has 33 heavy (non-hydrogen) atoms. The highest BCUT2D eigenvalue weighted by atomic mass is 32.2. The number of aryl methyl sites for hydroxylation is 2. The Morgan fingerprint density at radius 1 is 1.15 bits per heavy atom. The molecule has 5 rings (SSSR count). The quantitative estimate of drug-likeness (QED) is 0.515. The molecule has 0 spiro atoms. The van der Waals surface area contributed by atoms with Crippen LogP contribution in [0.4, 0.5) is 0 Å². The second-order valence-electron chi connectivity index (χ2n) is 8.23. The van der Waals surface area contributed by atoms with Crippen molar-refractivity contribution >= 4 is 45.7 Å². The van der Waals surface area contributed by atoms with Crippen LogP contribution in [0, 0.1) is 19.3 Å². The number of hydrogen-bond acceptors (Lipinski definition) is 4. The number of allylic oxidation sites excluding steroid dienone is 1. The third kappa shape index (κ3) is 4.00. The summed E-state index contributed by atoms with van der Waals surface area (Å²) in [5.74, 6) is 0.678. The van der Waals surface area contributed by atoms with E-state index >= 15 is 0 Å². The number of fused-ring (bicyclic) bond motifs is 2. The largest absolute Gasteiger partial charge is 0.491 e. The molecule has 3 heterocycles. The van der Waals surface area contributed by atoms with Crippen molar-refractivity contribution in [3.63, 3.8) is 0 Å². The monoisotopic (exact) mass is 456 g/mol. The van der Waals surface area contributed by atoms with Gasteiger partial charge in [0, 0.05) is 33.8 Å². The number of aliphatic imine (C=N–C) groups is 1. The van der Waals surface area contributed by atoms with Crippen LogP contribution in [-0.4, -0.2) is 33.0 Å². The minimum atomic E-state index is -0.378. The Kier molecular flexibility index (Phi) is 5.42. The highest BCUT2D eigenvalue weighted by molar-refractivity contribution is 8.17. The smallest absolute Gasteiger partial charge is 0.283 e. The number of nitrogens with one attached hydrogen (secondary N) is 1. The van der Waals surface area contributed by atoms with Crippen molar-refractivity contribution in [2.24, 2.45) is 4.99 Å². The number of benzene rings is 2. The molecule has 1 amide bonds. The zero-order valence-electron chi connectivity index (χ0n) is 18.8. The molecule has 166 valence electrons. The van der Waals surface area contributed by atoms with Crippen LogP contribution >= 0.6 is 11.8 Å². The molecule has 0 saturated heterocycles. The number of ether oxygens (including phenoxy) is 1. The van der Waals surface area contributed by atoms with Gasteiger partial charge in [0.2, 0.25) is 0 Å². The standard InChI is InChI=1S/C26H24N4O2S/c1-16-8-9-17(2)23(12-16)32-11-10-29-15-19(20-6-4-5-7-22(20)29)13-21-24(27)30-14-18(3)33-26(30)28-25(21)31/h4-9,12-15,27H,10-11H2,1-3H3. The summed E-state index contributed by atoms with van der Waals surface area (Å²) >= 11 is 1.41. The second-order valence-corrected chi connectivity index (χ2v) is 9.44. The van der Waals surface area contributed by atoms with E-state index in [0.717, 1.165) is 32.7 Å². The van der Waals surface area contributed by atoms with Crippen LogP contribution in [0.15, 0.2) is 70.3 Å². The van der Waals surface area contributed by atoms with Crippen LogP contribution in [-0.2, 0) is 11.3 Å². The van der Waals surface area contributed by atoms with Crippen LogP contribution in [0.1, 0.15) is 23.6 Å². The van der Waals surface area contributed by atoms with Crippen molar-refractivity contribution in [3.05, 3.63) is 82.0 Å². The predicted octanol–water partition coefficient (Wildman–Crippen LogP) is 5.50. The van der Waals surface area contributed by atoms with Crippen molar-refractivity contribution in [1.82, 2.24) is 9.47 Å². The van der Waals surface area contributed by atoms with Crippen molar-refractivity contribution < 1.29 is 9.53 Å². The number of nitrogens with zero attached hydrogens (tertiary/aromatic N) is 3. The lowest BCUT2D eigenvalue weighted by atomic mass is 10.1. The Morgan fingerprint density at radius 2 is 1.97 bits per heavy atom. The fraction of sp³-hybridized carbons (Fsp3) is 0.192. The van der Waals surface area contributed by atoms with Crippen molar-refractivity contribution in [2.45, 2.75) is 27.3 Å². The Morgan fingerprint density at radius 3 is 2.82 bits per heavy atom. The van der Waals surface area contributed by atoms with Gasteiger partial charge in [-0.1, -0.05) is 42.1 Å². The van der Waals surface area contributed by atoms with Gasteiger partial charge < -0.3 is 9.30 Å². The Hall–Kier alpha value is -3.58. The van der Waals surface area contributed by atoms with Gasteiger partial charge in [-0.15, -0.1) is 0 Å². The molecule has 1 N–H and O–H groups in total. The number of para-hydroxylation sites is 1. The zero-order valence-corrected chi connectivity index (χ0v) is 19.6. The topological polar surface area (TPSA) is 70.7 Å². The van der Waals surface area contributed by atoms with Gasteiger partial charge in [0.05, 0.1) is 12.1 Å². The first-order valence-corrected chi connectivity index (χ1v) is 11.6. The molecule has 7 heteroatoms. The summed E-state index contributed by atoms with van der Waals surface area (Å²) < 4.78 is 8.20. The molecule has 6 nitrogen and oxygen atoms in total. The van der Waals surface area contributed by atoms with Gasteiger partial charge in [0.25, 0.3) is 5.91 Å². The highest BCUT2D eigenvalue weighted by Crippen LogP contribution is 2.33. The van der Waals surface area contributed by atoms with Gasteiger partial charge in [0.15, 0.2) is 5.17 Å². The first-order valence-electron chi connectivity index (χ1n) is 10.8. The summed E-state index contributed by atoms with van der Waals surface area (Å²) in [6.07, 6.45) is 5.64. The molecular weight excluding hydrogens is 432 g/mol. The zero-order chi connectivity index (χ0) is 23.1. The minimum absolute atomic E-state index is 0.157. The first kappa shape index (κ1) is 21.3. The van der Waals surface area contributed by atoms with Crippen LogP contribution in [0.2, 0.25) is 0 Å². The molecule has 0 saturated carbocycles. The number of rotatable bonds is 5. The molecule has 0 fully saturated rings. The highest BCUT2D eigenvalue weighted by Gasteiger charge is 2.33. The van der Waals surface area contributed by atoms with Crippen molar-refractivity contribution in [1.29, 1.82) is 5.41 Å². The fourth-order valence-electron chi connectivity index (χ4n) is 4.05. The molecule has 0 unspecified atom stereocenters. The predicted molar refractivity (Wildman–Crippen MR) is 135 cm³/mol. The van der Waals surface area contributed by atoms with Crippen LogP contribution in [0.5, 0.6) is 5.75 Å². The van der Waals surface area contributed by atoms with Crippen molar-refractivity contribution in [3.8, 4) is 5.75 Å². The van der Waals surface area contributed by atoms with E-state index in [1.54, 1.807) is 11.0 Å². The number of hydrogen-bond donors (Lipinski definition) is 1. The van der Waals surface area contributed by atoms with E-state index in [2.05, 4.69) is 40.7 Å². The lowest BCUT2D eigenvalue weighted by molar-refractivity contribution is -0.114. The lowest BCUT2D eigenvalue weighted by Gasteiger charge is -2.22. The van der Waals surface area contributed by atoms with Crippen LogP contribution in [0.3, 0.4) is 0 Å². The Balaban J connectivity index is 1.44. The molecule has 0 aliphatic carbocycles. The van der Waals surface area contributed by atoms with E-state index in [4.69, 9.17) is 10.1 Å². The molecular formula is C26H24N4O2S. The van der Waals surface area contributed by atoms with Gasteiger partial charge in [-0.25, -0.2) is 0 Å². The average molecular weight is 457 g/mol. The SMILES string of the molecule is CC1=CN2C(=N)C(=Cc3cn(CCOc4cc(C)ccc4C)c4ccccc34)C(=O)N=C2S1. The van der Waals surface area contributed by atoms with Gasteiger partial charge in [-0.05, 0) is 50.1 Å². The maximum absolute atomic E-state index is 12.7. The summed E-state index contributed by atoms with van der Waals surface area (Å²) in [6.45, 7) is 7.23. The third-order valence-corrected chi connectivity index (χ3v) is 6.64. The summed E-state index contributed by atoms with van der Waals surface area (Å²) in [5.41, 5.74) is 4.52. The van der Waals surface area contributed by atoms with E-state index in [1.165, 1.54) is 17.3 Å². The Labute approximate surface area is 196 Å². The van der Waals surface area contributed by atoms with Gasteiger partial charge in [-0.3, -0.25) is 15.1 Å². The minimum Gasteiger partial charge on any atom is -0.491 e. The van der Waals surface area contributed by atoms with E-state index < -0.39 is 0 Å². The molecule has 0 bridgehead atoms. The summed E-state index contributed by atoms with van der Waals surface area (Å²) in [4.78, 5) is 19.6.